The smallest absolute Gasteiger partial charge is 0.161 e. The van der Waals surface area contributed by atoms with Crippen molar-refractivity contribution >= 4 is 0 Å². The molecule has 0 unspecified atom stereocenters. The summed E-state index contributed by atoms with van der Waals surface area (Å²) in [5.41, 5.74) is 2.17. The number of hydrogen-bond donors (Lipinski definition) is 1. The first kappa shape index (κ1) is 15.0. The second-order valence-electron chi connectivity index (χ2n) is 4.46. The topological polar surface area (TPSA) is 30.5 Å². The molecule has 0 saturated carbocycles. The first-order chi connectivity index (χ1) is 10.3. The summed E-state index contributed by atoms with van der Waals surface area (Å²) in [4.78, 5) is 0. The number of ether oxygens (including phenoxy) is 2. The van der Waals surface area contributed by atoms with Crippen molar-refractivity contribution < 1.29 is 9.47 Å². The summed E-state index contributed by atoms with van der Waals surface area (Å²) in [6, 6.07) is 15.9. The molecule has 2 aromatic rings. The maximum absolute atomic E-state index is 5.28. The van der Waals surface area contributed by atoms with Gasteiger partial charge in [-0.3, -0.25) is 0 Å². The van der Waals surface area contributed by atoms with Gasteiger partial charge in [0.2, 0.25) is 0 Å². The van der Waals surface area contributed by atoms with E-state index in [-0.39, 0.29) is 0 Å². The van der Waals surface area contributed by atoms with Gasteiger partial charge in [-0.2, -0.15) is 0 Å². The summed E-state index contributed by atoms with van der Waals surface area (Å²) < 4.78 is 10.5. The van der Waals surface area contributed by atoms with Crippen molar-refractivity contribution in [3.63, 3.8) is 0 Å². The highest BCUT2D eigenvalue weighted by Crippen LogP contribution is 2.27. The zero-order valence-corrected chi connectivity index (χ0v) is 12.3. The number of hydrogen-bond acceptors (Lipinski definition) is 3. The van der Waals surface area contributed by atoms with Crippen molar-refractivity contribution in [2.45, 2.75) is 6.54 Å². The fourth-order valence-corrected chi connectivity index (χ4v) is 1.93. The van der Waals surface area contributed by atoms with Crippen LogP contribution in [-0.2, 0) is 6.54 Å². The van der Waals surface area contributed by atoms with E-state index in [9.17, 15) is 0 Å². The van der Waals surface area contributed by atoms with Crippen molar-refractivity contribution in [2.75, 3.05) is 20.8 Å². The van der Waals surface area contributed by atoms with E-state index >= 15 is 0 Å². The van der Waals surface area contributed by atoms with Crippen molar-refractivity contribution in [2.24, 2.45) is 0 Å². The molecule has 2 aromatic carbocycles. The van der Waals surface area contributed by atoms with E-state index in [1.807, 2.05) is 48.5 Å². The van der Waals surface area contributed by atoms with Gasteiger partial charge >= 0.3 is 0 Å². The predicted octanol–water partition coefficient (Wildman–Crippen LogP) is 2.85. The minimum absolute atomic E-state index is 0.642. The van der Waals surface area contributed by atoms with Crippen LogP contribution in [0.25, 0.3) is 0 Å². The summed E-state index contributed by atoms with van der Waals surface area (Å²) in [6.07, 6.45) is 0. The van der Waals surface area contributed by atoms with Crippen LogP contribution in [0.1, 0.15) is 11.1 Å². The molecular formula is C18H19NO2. The summed E-state index contributed by atoms with van der Waals surface area (Å²) in [7, 11) is 3.27. The van der Waals surface area contributed by atoms with E-state index in [1.165, 1.54) is 0 Å². The Hall–Kier alpha value is -2.44. The second kappa shape index (κ2) is 7.98. The first-order valence-corrected chi connectivity index (χ1v) is 6.79. The molecule has 0 aliphatic rings. The molecule has 0 atom stereocenters. The molecule has 0 aliphatic heterocycles. The summed E-state index contributed by atoms with van der Waals surface area (Å²) in [6.45, 7) is 1.38. The van der Waals surface area contributed by atoms with Crippen molar-refractivity contribution in [1.82, 2.24) is 5.32 Å². The van der Waals surface area contributed by atoms with Crippen LogP contribution in [0.15, 0.2) is 48.5 Å². The standard InChI is InChI=1S/C18H19NO2/c1-20-17-11-10-16(13-18(17)21-2)14-19-12-6-9-15-7-4-3-5-8-15/h3-5,7-8,10-11,13,19H,12,14H2,1-2H3. The van der Waals surface area contributed by atoms with Gasteiger partial charge in [0, 0.05) is 12.1 Å². The van der Waals surface area contributed by atoms with E-state index < -0.39 is 0 Å². The Labute approximate surface area is 125 Å². The van der Waals surface area contributed by atoms with Gasteiger partial charge < -0.3 is 14.8 Å². The van der Waals surface area contributed by atoms with Crippen LogP contribution in [0, 0.1) is 11.8 Å². The number of benzene rings is 2. The molecular weight excluding hydrogens is 262 g/mol. The molecule has 3 heteroatoms. The highest BCUT2D eigenvalue weighted by molar-refractivity contribution is 5.42. The van der Waals surface area contributed by atoms with Crippen molar-refractivity contribution in [3.8, 4) is 23.3 Å². The van der Waals surface area contributed by atoms with Crippen LogP contribution < -0.4 is 14.8 Å². The molecule has 0 aliphatic carbocycles. The minimum atomic E-state index is 0.642. The quantitative estimate of drug-likeness (QED) is 0.675. The SMILES string of the molecule is COc1ccc(CNCC#Cc2ccccc2)cc1OC. The van der Waals surface area contributed by atoms with Crippen LogP contribution in [0.5, 0.6) is 11.5 Å². The Morgan fingerprint density at radius 2 is 1.71 bits per heavy atom. The molecule has 3 nitrogen and oxygen atoms in total. The van der Waals surface area contributed by atoms with Crippen LogP contribution in [0.3, 0.4) is 0 Å². The lowest BCUT2D eigenvalue weighted by atomic mass is 10.2. The average molecular weight is 281 g/mol. The van der Waals surface area contributed by atoms with Crippen LogP contribution in [0.4, 0.5) is 0 Å². The van der Waals surface area contributed by atoms with E-state index in [0.29, 0.717) is 6.54 Å². The Morgan fingerprint density at radius 3 is 2.43 bits per heavy atom. The molecule has 0 heterocycles. The van der Waals surface area contributed by atoms with Crippen LogP contribution in [-0.4, -0.2) is 20.8 Å². The Morgan fingerprint density at radius 1 is 0.952 bits per heavy atom. The third kappa shape index (κ3) is 4.55. The van der Waals surface area contributed by atoms with Crippen molar-refractivity contribution in [3.05, 3.63) is 59.7 Å². The van der Waals surface area contributed by atoms with Gasteiger partial charge in [0.15, 0.2) is 11.5 Å². The van der Waals surface area contributed by atoms with Crippen LogP contribution >= 0.6 is 0 Å². The fourth-order valence-electron chi connectivity index (χ4n) is 1.93. The van der Waals surface area contributed by atoms with Gasteiger partial charge in [-0.15, -0.1) is 0 Å². The molecule has 2 rings (SSSR count). The Balaban J connectivity index is 1.85. The van der Waals surface area contributed by atoms with Gasteiger partial charge in [-0.05, 0) is 29.8 Å². The lowest BCUT2D eigenvalue weighted by Gasteiger charge is -2.09. The minimum Gasteiger partial charge on any atom is -0.493 e. The summed E-state index contributed by atoms with van der Waals surface area (Å²) in [5.74, 6) is 7.70. The largest absolute Gasteiger partial charge is 0.493 e. The average Bonchev–Trinajstić information content (AvgIpc) is 2.55. The molecule has 0 saturated heterocycles. The fraction of sp³-hybridized carbons (Fsp3) is 0.222. The molecule has 108 valence electrons. The Bertz CT molecular complexity index is 627. The van der Waals surface area contributed by atoms with E-state index in [0.717, 1.165) is 29.2 Å². The lowest BCUT2D eigenvalue weighted by molar-refractivity contribution is 0.354. The molecule has 0 spiro atoms. The van der Waals surface area contributed by atoms with E-state index in [2.05, 4.69) is 17.2 Å². The van der Waals surface area contributed by atoms with Gasteiger partial charge in [-0.1, -0.05) is 36.1 Å². The van der Waals surface area contributed by atoms with Gasteiger partial charge in [0.05, 0.1) is 20.8 Å². The van der Waals surface area contributed by atoms with Gasteiger partial charge in [0.25, 0.3) is 0 Å². The maximum atomic E-state index is 5.28. The molecule has 0 fully saturated rings. The highest BCUT2D eigenvalue weighted by atomic mass is 16.5. The zero-order valence-electron chi connectivity index (χ0n) is 12.3. The number of nitrogens with one attached hydrogen (secondary N) is 1. The molecule has 1 N–H and O–H groups in total. The molecule has 0 aromatic heterocycles. The zero-order chi connectivity index (χ0) is 14.9. The first-order valence-electron chi connectivity index (χ1n) is 6.79. The third-order valence-corrected chi connectivity index (χ3v) is 3.00. The maximum Gasteiger partial charge on any atom is 0.161 e. The molecule has 21 heavy (non-hydrogen) atoms. The predicted molar refractivity (Wildman–Crippen MR) is 84.6 cm³/mol. The molecule has 0 radical (unpaired) electrons. The highest BCUT2D eigenvalue weighted by Gasteiger charge is 2.03. The monoisotopic (exact) mass is 281 g/mol. The lowest BCUT2D eigenvalue weighted by Crippen LogP contribution is -2.13. The third-order valence-electron chi connectivity index (χ3n) is 3.00. The van der Waals surface area contributed by atoms with E-state index in [4.69, 9.17) is 9.47 Å². The Kier molecular flexibility index (Phi) is 5.69. The second-order valence-corrected chi connectivity index (χ2v) is 4.46. The normalized spacial score (nSPS) is 9.62. The molecule has 0 bridgehead atoms. The summed E-state index contributed by atoms with van der Waals surface area (Å²) in [5, 5.41) is 3.29. The number of rotatable bonds is 5. The van der Waals surface area contributed by atoms with Gasteiger partial charge in [-0.25, -0.2) is 0 Å². The van der Waals surface area contributed by atoms with Crippen molar-refractivity contribution in [1.29, 1.82) is 0 Å². The number of methoxy groups -OCH3 is 2. The van der Waals surface area contributed by atoms with E-state index in [1.54, 1.807) is 14.2 Å². The summed E-state index contributed by atoms with van der Waals surface area (Å²) >= 11 is 0. The van der Waals surface area contributed by atoms with Gasteiger partial charge in [0.1, 0.15) is 0 Å². The van der Waals surface area contributed by atoms with Crippen LogP contribution in [0.2, 0.25) is 0 Å². The molecule has 0 amide bonds.